The van der Waals surface area contributed by atoms with Crippen molar-refractivity contribution in [2.24, 2.45) is 0 Å². The van der Waals surface area contributed by atoms with Crippen molar-refractivity contribution in [1.29, 1.82) is 0 Å². The summed E-state index contributed by atoms with van der Waals surface area (Å²) in [5.74, 6) is 0.393. The maximum Gasteiger partial charge on any atom is 0.271 e. The summed E-state index contributed by atoms with van der Waals surface area (Å²) < 4.78 is 0. The number of carbonyl (C=O) groups excluding carboxylic acids is 1. The van der Waals surface area contributed by atoms with Gasteiger partial charge in [0.15, 0.2) is 5.69 Å². The van der Waals surface area contributed by atoms with E-state index >= 15 is 0 Å². The predicted octanol–water partition coefficient (Wildman–Crippen LogP) is 1.23. The number of hydrogen-bond donors (Lipinski definition) is 2. The summed E-state index contributed by atoms with van der Waals surface area (Å²) in [7, 11) is 0. The van der Waals surface area contributed by atoms with Crippen molar-refractivity contribution in [2.45, 2.75) is 13.5 Å². The molecule has 2 rings (SSSR count). The van der Waals surface area contributed by atoms with E-state index in [0.29, 0.717) is 24.6 Å². The molecule has 0 atom stereocenters. The fourth-order valence-electron chi connectivity index (χ4n) is 1.48. The van der Waals surface area contributed by atoms with Gasteiger partial charge in [-0.1, -0.05) is 6.07 Å². The van der Waals surface area contributed by atoms with Crippen LogP contribution in [-0.4, -0.2) is 27.6 Å². The molecule has 6 nitrogen and oxygen atoms in total. The third-order valence-corrected chi connectivity index (χ3v) is 2.41. The second-order valence-corrected chi connectivity index (χ2v) is 3.84. The van der Waals surface area contributed by atoms with E-state index in [1.54, 1.807) is 18.3 Å². The van der Waals surface area contributed by atoms with E-state index in [9.17, 15) is 4.79 Å². The number of carbonyl (C=O) groups is 1. The molecule has 0 radical (unpaired) electrons. The lowest BCUT2D eigenvalue weighted by Gasteiger charge is -2.05. The van der Waals surface area contributed by atoms with Gasteiger partial charge in [0.05, 0.1) is 12.2 Å². The molecule has 2 heterocycles. The van der Waals surface area contributed by atoms with Crippen molar-refractivity contribution >= 4 is 11.7 Å². The molecule has 0 bridgehead atoms. The van der Waals surface area contributed by atoms with Crippen molar-refractivity contribution in [3.63, 3.8) is 0 Å². The molecule has 1 amide bonds. The van der Waals surface area contributed by atoms with Crippen LogP contribution < -0.4 is 10.6 Å². The van der Waals surface area contributed by atoms with Crippen LogP contribution in [0.3, 0.4) is 0 Å². The molecule has 0 saturated heterocycles. The molecule has 2 N–H and O–H groups in total. The number of nitrogens with one attached hydrogen (secondary N) is 2. The van der Waals surface area contributed by atoms with E-state index in [2.05, 4.69) is 25.8 Å². The molecule has 2 aromatic heterocycles. The Hall–Kier alpha value is -2.50. The Morgan fingerprint density at radius 2 is 2.11 bits per heavy atom. The molecule has 0 spiro atoms. The van der Waals surface area contributed by atoms with Crippen molar-refractivity contribution in [3.05, 3.63) is 47.9 Å². The smallest absolute Gasteiger partial charge is 0.271 e. The third kappa shape index (κ3) is 3.74. The number of anilines is 1. The highest BCUT2D eigenvalue weighted by atomic mass is 16.1. The maximum absolute atomic E-state index is 11.5. The van der Waals surface area contributed by atoms with Crippen LogP contribution >= 0.6 is 0 Å². The molecule has 0 aliphatic heterocycles. The van der Waals surface area contributed by atoms with Gasteiger partial charge in [-0.2, -0.15) is 0 Å². The summed E-state index contributed by atoms with van der Waals surface area (Å²) in [4.78, 5) is 15.7. The molecule has 98 valence electrons. The largest absolute Gasteiger partial charge is 0.363 e. The van der Waals surface area contributed by atoms with Gasteiger partial charge in [-0.05, 0) is 31.2 Å². The third-order valence-electron chi connectivity index (χ3n) is 2.41. The zero-order valence-corrected chi connectivity index (χ0v) is 10.6. The fourth-order valence-corrected chi connectivity index (χ4v) is 1.48. The quantitative estimate of drug-likeness (QED) is 0.842. The number of pyridine rings is 1. The van der Waals surface area contributed by atoms with Crippen LogP contribution in [0, 0.1) is 0 Å². The Bertz CT molecular complexity index is 526. The van der Waals surface area contributed by atoms with Crippen molar-refractivity contribution in [3.8, 4) is 0 Å². The Kier molecular flexibility index (Phi) is 4.39. The lowest BCUT2D eigenvalue weighted by Crippen LogP contribution is -2.24. The van der Waals surface area contributed by atoms with Crippen LogP contribution in [-0.2, 0) is 6.54 Å². The van der Waals surface area contributed by atoms with Crippen LogP contribution in [0.4, 0.5) is 5.82 Å². The molecule has 19 heavy (non-hydrogen) atoms. The highest BCUT2D eigenvalue weighted by molar-refractivity contribution is 5.92. The lowest BCUT2D eigenvalue weighted by molar-refractivity contribution is 0.0950. The molecule has 0 aromatic carbocycles. The van der Waals surface area contributed by atoms with Crippen LogP contribution in [0.15, 0.2) is 36.5 Å². The first-order chi connectivity index (χ1) is 9.29. The molecule has 0 aliphatic carbocycles. The molecule has 0 saturated carbocycles. The first-order valence-corrected chi connectivity index (χ1v) is 6.05. The van der Waals surface area contributed by atoms with E-state index in [0.717, 1.165) is 5.69 Å². The van der Waals surface area contributed by atoms with Crippen LogP contribution in [0.25, 0.3) is 0 Å². The van der Waals surface area contributed by atoms with Gasteiger partial charge in [-0.3, -0.25) is 9.78 Å². The molecule has 2 aromatic rings. The van der Waals surface area contributed by atoms with Crippen molar-refractivity contribution in [1.82, 2.24) is 20.5 Å². The van der Waals surface area contributed by atoms with Crippen molar-refractivity contribution in [2.75, 3.05) is 11.9 Å². The average Bonchev–Trinajstić information content (AvgIpc) is 2.47. The number of amides is 1. The van der Waals surface area contributed by atoms with Gasteiger partial charge in [0.2, 0.25) is 0 Å². The predicted molar refractivity (Wildman–Crippen MR) is 71.6 cm³/mol. The summed E-state index contributed by atoms with van der Waals surface area (Å²) in [6.45, 7) is 2.99. The Labute approximate surface area is 111 Å². The minimum absolute atomic E-state index is 0.216. The highest BCUT2D eigenvalue weighted by Crippen LogP contribution is 2.04. The van der Waals surface area contributed by atoms with Gasteiger partial charge in [0.25, 0.3) is 5.91 Å². The summed E-state index contributed by atoms with van der Waals surface area (Å²) in [5, 5.41) is 13.6. The zero-order chi connectivity index (χ0) is 13.5. The standard InChI is InChI=1S/C13H15N5O/c1-2-14-13(19)11-6-7-12(18-17-11)16-9-10-5-3-4-8-15-10/h3-8H,2,9H2,1H3,(H,14,19)(H,16,18). The number of rotatable bonds is 5. The first kappa shape index (κ1) is 12.9. The van der Waals surface area contributed by atoms with E-state index in [1.165, 1.54) is 0 Å². The topological polar surface area (TPSA) is 79.8 Å². The zero-order valence-electron chi connectivity index (χ0n) is 10.6. The Morgan fingerprint density at radius 3 is 2.74 bits per heavy atom. The number of hydrogen-bond acceptors (Lipinski definition) is 5. The van der Waals surface area contributed by atoms with Gasteiger partial charge < -0.3 is 10.6 Å². The molecule has 0 aliphatic rings. The second kappa shape index (κ2) is 6.44. The number of nitrogens with zero attached hydrogens (tertiary/aromatic N) is 3. The first-order valence-electron chi connectivity index (χ1n) is 6.05. The Morgan fingerprint density at radius 1 is 1.21 bits per heavy atom. The molecular formula is C13H15N5O. The van der Waals surface area contributed by atoms with E-state index in [-0.39, 0.29) is 5.91 Å². The van der Waals surface area contributed by atoms with Gasteiger partial charge in [-0.15, -0.1) is 10.2 Å². The normalized spacial score (nSPS) is 9.95. The monoisotopic (exact) mass is 257 g/mol. The van der Waals surface area contributed by atoms with Crippen LogP contribution in [0.2, 0.25) is 0 Å². The van der Waals surface area contributed by atoms with Crippen LogP contribution in [0.1, 0.15) is 23.1 Å². The molecule has 0 unspecified atom stereocenters. The highest BCUT2D eigenvalue weighted by Gasteiger charge is 2.06. The molecule has 6 heteroatoms. The van der Waals surface area contributed by atoms with Gasteiger partial charge in [-0.25, -0.2) is 0 Å². The lowest BCUT2D eigenvalue weighted by atomic mass is 10.3. The average molecular weight is 257 g/mol. The van der Waals surface area contributed by atoms with Gasteiger partial charge in [0.1, 0.15) is 5.82 Å². The maximum atomic E-state index is 11.5. The second-order valence-electron chi connectivity index (χ2n) is 3.84. The molecule has 0 fully saturated rings. The van der Waals surface area contributed by atoms with Gasteiger partial charge >= 0.3 is 0 Å². The van der Waals surface area contributed by atoms with E-state index < -0.39 is 0 Å². The summed E-state index contributed by atoms with van der Waals surface area (Å²) >= 11 is 0. The molecular weight excluding hydrogens is 242 g/mol. The van der Waals surface area contributed by atoms with Gasteiger partial charge in [0, 0.05) is 12.7 Å². The summed E-state index contributed by atoms with van der Waals surface area (Å²) in [6, 6.07) is 9.07. The van der Waals surface area contributed by atoms with Crippen molar-refractivity contribution < 1.29 is 4.79 Å². The summed E-state index contributed by atoms with van der Waals surface area (Å²) in [6.07, 6.45) is 1.74. The van der Waals surface area contributed by atoms with E-state index in [4.69, 9.17) is 0 Å². The Balaban J connectivity index is 1.94. The van der Waals surface area contributed by atoms with Crippen LogP contribution in [0.5, 0.6) is 0 Å². The minimum atomic E-state index is -0.216. The summed E-state index contributed by atoms with van der Waals surface area (Å²) in [5.41, 5.74) is 1.22. The number of aromatic nitrogens is 3. The SMILES string of the molecule is CCNC(=O)c1ccc(NCc2ccccn2)nn1. The minimum Gasteiger partial charge on any atom is -0.363 e. The van der Waals surface area contributed by atoms with E-state index in [1.807, 2.05) is 25.1 Å². The fraction of sp³-hybridized carbons (Fsp3) is 0.231.